The van der Waals surface area contributed by atoms with Gasteiger partial charge in [0.05, 0.1) is 6.61 Å². The Hall–Kier alpha value is -0.260. The van der Waals surface area contributed by atoms with Crippen molar-refractivity contribution in [3.05, 3.63) is 22.8 Å². The van der Waals surface area contributed by atoms with Crippen LogP contribution in [0.2, 0.25) is 0 Å². The molecular weight excluding hydrogens is 366 g/mol. The topological polar surface area (TPSA) is 113 Å². The van der Waals surface area contributed by atoms with Gasteiger partial charge in [-0.15, -0.1) is 0 Å². The summed E-state index contributed by atoms with van der Waals surface area (Å²) in [6.07, 6.45) is 3.39. The molecule has 1 aliphatic carbocycles. The monoisotopic (exact) mass is 396 g/mol. The summed E-state index contributed by atoms with van der Waals surface area (Å²) in [4.78, 5) is 26.3. The van der Waals surface area contributed by atoms with Crippen LogP contribution in [0.4, 0.5) is 0 Å². The third kappa shape index (κ3) is 6.14. The summed E-state index contributed by atoms with van der Waals surface area (Å²) in [6, 6.07) is 0. The van der Waals surface area contributed by atoms with E-state index in [4.69, 9.17) is 9.79 Å². The zero-order chi connectivity index (χ0) is 19.6. The molecule has 0 spiro atoms. The van der Waals surface area contributed by atoms with Crippen LogP contribution in [-0.4, -0.2) is 21.3 Å². The lowest BCUT2D eigenvalue weighted by Crippen LogP contribution is -2.25. The molecule has 0 saturated heterocycles. The minimum atomic E-state index is -5.08. The Morgan fingerprint density at radius 1 is 1.24 bits per heavy atom. The van der Waals surface area contributed by atoms with Crippen molar-refractivity contribution < 1.29 is 32.6 Å². The average molecular weight is 396 g/mol. The van der Waals surface area contributed by atoms with Crippen LogP contribution in [0.3, 0.4) is 0 Å². The molecule has 0 aromatic rings. The molecule has 1 rings (SSSR count). The van der Waals surface area contributed by atoms with Crippen molar-refractivity contribution in [1.82, 2.24) is 0 Å². The quantitative estimate of drug-likeness (QED) is 0.407. The first-order valence-corrected chi connectivity index (χ1v) is 11.3. The van der Waals surface area contributed by atoms with E-state index in [-0.39, 0.29) is 12.0 Å². The maximum absolute atomic E-state index is 11.4. The molecular formula is C16H30O7P2. The molecule has 7 nitrogen and oxygen atoms in total. The van der Waals surface area contributed by atoms with E-state index in [2.05, 4.69) is 43.5 Å². The van der Waals surface area contributed by atoms with Crippen LogP contribution in [0.5, 0.6) is 0 Å². The third-order valence-electron chi connectivity index (χ3n) is 5.80. The van der Waals surface area contributed by atoms with Crippen molar-refractivity contribution in [3.63, 3.8) is 0 Å². The molecule has 0 amide bonds. The number of phosphoric acid groups is 2. The maximum atomic E-state index is 11.4. The van der Waals surface area contributed by atoms with Crippen LogP contribution in [0.25, 0.3) is 0 Å². The van der Waals surface area contributed by atoms with Gasteiger partial charge in [-0.25, -0.2) is 9.13 Å². The summed E-state index contributed by atoms with van der Waals surface area (Å²) in [7, 11) is -9.85. The second-order valence-corrected chi connectivity index (χ2v) is 10.0. The fourth-order valence-electron chi connectivity index (χ4n) is 3.47. The van der Waals surface area contributed by atoms with Crippen LogP contribution < -0.4 is 0 Å². The molecule has 1 aliphatic rings. The molecule has 4 atom stereocenters. The number of rotatable bonds is 8. The van der Waals surface area contributed by atoms with Gasteiger partial charge in [0, 0.05) is 0 Å². The highest BCUT2D eigenvalue weighted by Gasteiger charge is 2.42. The maximum Gasteiger partial charge on any atom is 0.481 e. The van der Waals surface area contributed by atoms with Gasteiger partial charge in [0.1, 0.15) is 0 Å². The van der Waals surface area contributed by atoms with Gasteiger partial charge in [0.15, 0.2) is 0 Å². The lowest BCUT2D eigenvalue weighted by molar-refractivity contribution is 0.190. The van der Waals surface area contributed by atoms with Crippen molar-refractivity contribution in [3.8, 4) is 0 Å². The summed E-state index contributed by atoms with van der Waals surface area (Å²) in [5.74, 6) is 1.11. The largest absolute Gasteiger partial charge is 0.481 e. The summed E-state index contributed by atoms with van der Waals surface area (Å²) >= 11 is 0. The zero-order valence-corrected chi connectivity index (χ0v) is 17.5. The lowest BCUT2D eigenvalue weighted by atomic mass is 9.71. The van der Waals surface area contributed by atoms with E-state index in [1.54, 1.807) is 6.08 Å². The minimum Gasteiger partial charge on any atom is -0.302 e. The molecule has 0 aliphatic heterocycles. The van der Waals surface area contributed by atoms with Gasteiger partial charge in [-0.1, -0.05) is 43.6 Å². The number of hydrogen-bond donors (Lipinski definition) is 3. The molecule has 0 heterocycles. The van der Waals surface area contributed by atoms with Crippen LogP contribution in [-0.2, 0) is 18.0 Å². The lowest BCUT2D eigenvalue weighted by Gasteiger charge is -2.33. The SMILES string of the molecule is CC1=C(C)[C@@](C)(CC/C(C)=C/COP(=O)(O)OP(=O)(O)O)[C@H](C)[C@H]1C. The first kappa shape index (κ1) is 22.8. The van der Waals surface area contributed by atoms with E-state index < -0.39 is 15.6 Å². The first-order chi connectivity index (χ1) is 11.2. The highest BCUT2D eigenvalue weighted by atomic mass is 31.3. The highest BCUT2D eigenvalue weighted by Crippen LogP contribution is 2.57. The second kappa shape index (κ2) is 8.18. The van der Waals surface area contributed by atoms with Gasteiger partial charge in [0.2, 0.25) is 0 Å². The van der Waals surface area contributed by atoms with Gasteiger partial charge in [-0.3, -0.25) is 4.52 Å². The number of phosphoric ester groups is 1. The van der Waals surface area contributed by atoms with Crippen molar-refractivity contribution in [2.75, 3.05) is 6.61 Å². The third-order valence-corrected chi connectivity index (χ3v) is 7.96. The van der Waals surface area contributed by atoms with Crippen molar-refractivity contribution in [2.45, 2.75) is 54.4 Å². The summed E-state index contributed by atoms with van der Waals surface area (Å²) in [5.41, 5.74) is 3.99. The minimum absolute atomic E-state index is 0.120. The molecule has 3 N–H and O–H groups in total. The van der Waals surface area contributed by atoms with Gasteiger partial charge in [-0.2, -0.15) is 4.31 Å². The molecule has 9 heteroatoms. The molecule has 0 aromatic heterocycles. The normalized spacial score (nSPS) is 30.7. The van der Waals surface area contributed by atoms with E-state index in [0.717, 1.165) is 18.4 Å². The Morgan fingerprint density at radius 2 is 1.80 bits per heavy atom. The summed E-state index contributed by atoms with van der Waals surface area (Å²) in [5, 5.41) is 0. The Kier molecular flexibility index (Phi) is 7.45. The Morgan fingerprint density at radius 3 is 2.24 bits per heavy atom. The van der Waals surface area contributed by atoms with Crippen molar-refractivity contribution in [1.29, 1.82) is 0 Å². The molecule has 0 aromatic carbocycles. The molecule has 25 heavy (non-hydrogen) atoms. The fraction of sp³-hybridized carbons (Fsp3) is 0.750. The number of allylic oxidation sites excluding steroid dienone is 3. The van der Waals surface area contributed by atoms with Crippen molar-refractivity contribution in [2.24, 2.45) is 17.3 Å². The van der Waals surface area contributed by atoms with E-state index in [1.807, 2.05) is 6.92 Å². The summed E-state index contributed by atoms with van der Waals surface area (Å²) < 4.78 is 30.3. The molecule has 1 unspecified atom stereocenters. The predicted octanol–water partition coefficient (Wildman–Crippen LogP) is 4.57. The molecule has 0 saturated carbocycles. The van der Waals surface area contributed by atoms with E-state index in [0.29, 0.717) is 11.8 Å². The standard InChI is InChI=1S/C16H30O7P2/c1-11(8-10-22-25(20,21)23-24(17,18)19)7-9-16(6)14(4)12(2)13(3)15(16)5/h8,12,14H,7,9-10H2,1-6H3,(H,20,21)(H2,17,18,19)/b11-8+/t12-,14+,16-/m0/s1. The molecule has 0 fully saturated rings. The van der Waals surface area contributed by atoms with Gasteiger partial charge in [-0.05, 0) is 50.9 Å². The van der Waals surface area contributed by atoms with Gasteiger partial charge >= 0.3 is 15.6 Å². The molecule has 0 bridgehead atoms. The fourth-order valence-corrected chi connectivity index (χ4v) is 4.99. The van der Waals surface area contributed by atoms with E-state index in [9.17, 15) is 14.0 Å². The van der Waals surface area contributed by atoms with Gasteiger partial charge < -0.3 is 14.7 Å². The van der Waals surface area contributed by atoms with Crippen LogP contribution in [0, 0.1) is 17.3 Å². The van der Waals surface area contributed by atoms with Crippen LogP contribution in [0.15, 0.2) is 22.8 Å². The Balaban J connectivity index is 2.60. The van der Waals surface area contributed by atoms with Gasteiger partial charge in [0.25, 0.3) is 0 Å². The van der Waals surface area contributed by atoms with E-state index in [1.165, 1.54) is 11.1 Å². The Bertz CT molecular complexity index is 649. The summed E-state index contributed by atoms with van der Waals surface area (Å²) in [6.45, 7) is 12.8. The smallest absolute Gasteiger partial charge is 0.302 e. The number of hydrogen-bond acceptors (Lipinski definition) is 4. The molecule has 146 valence electrons. The van der Waals surface area contributed by atoms with Crippen LogP contribution >= 0.6 is 15.6 Å². The molecule has 0 radical (unpaired) electrons. The predicted molar refractivity (Wildman–Crippen MR) is 96.7 cm³/mol. The zero-order valence-electron chi connectivity index (χ0n) is 15.7. The highest BCUT2D eigenvalue weighted by molar-refractivity contribution is 7.60. The average Bonchev–Trinajstić information content (AvgIpc) is 2.59. The Labute approximate surface area is 150 Å². The second-order valence-electron chi connectivity index (χ2n) is 7.19. The van der Waals surface area contributed by atoms with Crippen molar-refractivity contribution >= 4 is 15.6 Å². The van der Waals surface area contributed by atoms with Crippen LogP contribution in [0.1, 0.15) is 54.4 Å². The first-order valence-electron chi connectivity index (χ1n) is 8.27. The van der Waals surface area contributed by atoms with E-state index >= 15 is 0 Å².